The summed E-state index contributed by atoms with van der Waals surface area (Å²) in [6.07, 6.45) is 13.3. The molecule has 0 saturated heterocycles. The minimum absolute atomic E-state index is 0.0381. The Bertz CT molecular complexity index is 1270. The van der Waals surface area contributed by atoms with Gasteiger partial charge in [-0.1, -0.05) is 0 Å². The van der Waals surface area contributed by atoms with Gasteiger partial charge in [0.15, 0.2) is 0 Å². The van der Waals surface area contributed by atoms with Crippen LogP contribution in [0.4, 0.5) is 0 Å². The third-order valence-corrected chi connectivity index (χ3v) is 9.39. The van der Waals surface area contributed by atoms with E-state index in [2.05, 4.69) is 15.0 Å². The average molecular weight is 555 g/mol. The fourth-order valence-corrected chi connectivity index (χ4v) is 6.89. The van der Waals surface area contributed by atoms with Crippen molar-refractivity contribution in [1.82, 2.24) is 13.7 Å². The highest BCUT2D eigenvalue weighted by molar-refractivity contribution is 5.34. The van der Waals surface area contributed by atoms with Crippen LogP contribution in [0.2, 0.25) is 0 Å². The van der Waals surface area contributed by atoms with Crippen LogP contribution in [0, 0.1) is 17.8 Å². The molecule has 12 nitrogen and oxygen atoms in total. The van der Waals surface area contributed by atoms with Crippen molar-refractivity contribution in [2.24, 2.45) is 32.7 Å². The molecule has 12 heteroatoms. The number of aliphatic imine (C=N–C) groups is 3. The maximum Gasteiger partial charge on any atom is 0.336 e. The SMILES string of the molecule is CC(C1CCC(N=C=O)CC1)n1c(=O)n(CC2CCC(N=C=O)CC2)c(=O)n(CC2CCC(N=C=O)CC2)c1=O. The van der Waals surface area contributed by atoms with E-state index < -0.39 is 23.1 Å². The van der Waals surface area contributed by atoms with E-state index in [1.165, 1.54) is 13.7 Å². The average Bonchev–Trinajstić information content (AvgIpc) is 2.96. The van der Waals surface area contributed by atoms with Crippen LogP contribution in [0.15, 0.2) is 29.4 Å². The minimum Gasteiger partial charge on any atom is -0.247 e. The summed E-state index contributed by atoms with van der Waals surface area (Å²) >= 11 is 0. The second kappa shape index (κ2) is 13.8. The molecule has 0 aliphatic heterocycles. The molecule has 3 fully saturated rings. The summed E-state index contributed by atoms with van der Waals surface area (Å²) in [6, 6.07) is -0.655. The van der Waals surface area contributed by atoms with Gasteiger partial charge in [-0.3, -0.25) is 0 Å². The van der Waals surface area contributed by atoms with Crippen LogP contribution in [0.3, 0.4) is 0 Å². The number of carbonyl (C=O) groups excluding carboxylic acids is 3. The van der Waals surface area contributed by atoms with Gasteiger partial charge in [-0.2, -0.15) is 0 Å². The quantitative estimate of drug-likeness (QED) is 0.337. The molecule has 0 aromatic carbocycles. The van der Waals surface area contributed by atoms with E-state index in [4.69, 9.17) is 0 Å². The minimum atomic E-state index is -0.580. The Kier molecular flexibility index (Phi) is 10.2. The third-order valence-electron chi connectivity index (χ3n) is 9.39. The second-order valence-electron chi connectivity index (χ2n) is 11.8. The molecule has 0 spiro atoms. The Labute approximate surface area is 231 Å². The highest BCUT2D eigenvalue weighted by Crippen LogP contribution is 2.33. The van der Waals surface area contributed by atoms with E-state index >= 15 is 0 Å². The first-order valence-electron chi connectivity index (χ1n) is 14.5. The molecule has 4 rings (SSSR count). The number of hydrogen-bond acceptors (Lipinski definition) is 9. The molecule has 0 amide bonds. The summed E-state index contributed by atoms with van der Waals surface area (Å²) in [5, 5.41) is 0. The Morgan fingerprint density at radius 2 is 0.950 bits per heavy atom. The van der Waals surface area contributed by atoms with E-state index in [0.717, 1.165) is 25.7 Å². The van der Waals surface area contributed by atoms with E-state index in [0.29, 0.717) is 51.4 Å². The van der Waals surface area contributed by atoms with Crippen molar-refractivity contribution in [2.75, 3.05) is 0 Å². The molecule has 0 radical (unpaired) electrons. The molecule has 1 atom stereocenters. The zero-order chi connectivity index (χ0) is 28.6. The van der Waals surface area contributed by atoms with Crippen LogP contribution in [0.1, 0.15) is 90.0 Å². The molecule has 3 aliphatic rings. The molecule has 0 bridgehead atoms. The van der Waals surface area contributed by atoms with E-state index in [1.807, 2.05) is 6.92 Å². The molecule has 40 heavy (non-hydrogen) atoms. The normalized spacial score (nSPS) is 29.3. The van der Waals surface area contributed by atoms with Crippen molar-refractivity contribution < 1.29 is 14.4 Å². The van der Waals surface area contributed by atoms with E-state index in [9.17, 15) is 28.8 Å². The van der Waals surface area contributed by atoms with Gasteiger partial charge in [0.2, 0.25) is 18.2 Å². The summed E-state index contributed by atoms with van der Waals surface area (Å²) in [7, 11) is 0. The molecule has 0 N–H and O–H groups in total. The van der Waals surface area contributed by atoms with Gasteiger partial charge in [0.25, 0.3) is 0 Å². The number of aromatic nitrogens is 3. The first-order chi connectivity index (χ1) is 19.4. The van der Waals surface area contributed by atoms with E-state index in [1.54, 1.807) is 18.2 Å². The third kappa shape index (κ3) is 6.81. The Hall–Kier alpha value is -3.45. The van der Waals surface area contributed by atoms with Gasteiger partial charge in [0, 0.05) is 19.1 Å². The van der Waals surface area contributed by atoms with Crippen LogP contribution in [0.5, 0.6) is 0 Å². The van der Waals surface area contributed by atoms with Crippen molar-refractivity contribution in [3.05, 3.63) is 31.5 Å². The van der Waals surface area contributed by atoms with Gasteiger partial charge in [0.1, 0.15) is 0 Å². The fourth-order valence-electron chi connectivity index (χ4n) is 6.89. The molecule has 3 saturated carbocycles. The van der Waals surface area contributed by atoms with Crippen LogP contribution in [-0.4, -0.2) is 50.1 Å². The maximum absolute atomic E-state index is 13.8. The number of nitrogens with zero attached hydrogens (tertiary/aromatic N) is 6. The monoisotopic (exact) mass is 554 g/mol. The molecule has 1 heterocycles. The summed E-state index contributed by atoms with van der Waals surface area (Å²) in [5.74, 6) is 0.161. The summed E-state index contributed by atoms with van der Waals surface area (Å²) in [5.41, 5.74) is -1.74. The Balaban J connectivity index is 1.64. The van der Waals surface area contributed by atoms with Crippen LogP contribution in [-0.2, 0) is 27.5 Å². The number of isocyanates is 3. The topological polar surface area (TPSA) is 154 Å². The van der Waals surface area contributed by atoms with Crippen molar-refractivity contribution >= 4 is 18.2 Å². The molecular weight excluding hydrogens is 516 g/mol. The first-order valence-corrected chi connectivity index (χ1v) is 14.5. The highest BCUT2D eigenvalue weighted by Gasteiger charge is 2.31. The number of hydrogen-bond donors (Lipinski definition) is 0. The zero-order valence-corrected chi connectivity index (χ0v) is 23.1. The van der Waals surface area contributed by atoms with E-state index in [-0.39, 0.29) is 49.0 Å². The van der Waals surface area contributed by atoms with Crippen LogP contribution in [0.25, 0.3) is 0 Å². The van der Waals surface area contributed by atoms with Crippen molar-refractivity contribution in [3.8, 4) is 0 Å². The highest BCUT2D eigenvalue weighted by atomic mass is 16.2. The lowest BCUT2D eigenvalue weighted by Gasteiger charge is -2.32. The largest absolute Gasteiger partial charge is 0.336 e. The summed E-state index contributed by atoms with van der Waals surface area (Å²) in [4.78, 5) is 84.7. The molecule has 1 aromatic heterocycles. The molecule has 3 aliphatic carbocycles. The van der Waals surface area contributed by atoms with Crippen molar-refractivity contribution in [1.29, 1.82) is 0 Å². The van der Waals surface area contributed by atoms with Crippen molar-refractivity contribution in [3.63, 3.8) is 0 Å². The summed E-state index contributed by atoms with van der Waals surface area (Å²) in [6.45, 7) is 2.29. The van der Waals surface area contributed by atoms with Gasteiger partial charge in [-0.25, -0.2) is 57.4 Å². The summed E-state index contributed by atoms with van der Waals surface area (Å²) < 4.78 is 3.73. The van der Waals surface area contributed by atoms with Gasteiger partial charge in [-0.05, 0) is 102 Å². The molecular formula is C28H38N6O6. The molecule has 216 valence electrons. The Morgan fingerprint density at radius 1 is 0.600 bits per heavy atom. The maximum atomic E-state index is 13.8. The number of rotatable bonds is 9. The van der Waals surface area contributed by atoms with Gasteiger partial charge < -0.3 is 0 Å². The van der Waals surface area contributed by atoms with Crippen LogP contribution < -0.4 is 17.1 Å². The van der Waals surface area contributed by atoms with Gasteiger partial charge in [-0.15, -0.1) is 0 Å². The molecule has 1 aromatic rings. The van der Waals surface area contributed by atoms with Crippen LogP contribution >= 0.6 is 0 Å². The smallest absolute Gasteiger partial charge is 0.247 e. The second-order valence-corrected chi connectivity index (χ2v) is 11.8. The molecule has 1 unspecified atom stereocenters. The predicted molar refractivity (Wildman–Crippen MR) is 146 cm³/mol. The fraction of sp³-hybridized carbons (Fsp3) is 0.786. The lowest BCUT2D eigenvalue weighted by Crippen LogP contribution is -2.57. The zero-order valence-electron chi connectivity index (χ0n) is 23.1. The predicted octanol–water partition coefficient (Wildman–Crippen LogP) is 2.42. The lowest BCUT2D eigenvalue weighted by molar-refractivity contribution is 0.216. The van der Waals surface area contributed by atoms with Gasteiger partial charge >= 0.3 is 17.1 Å². The standard InChI is InChI=1S/C28H38N6O6/c1-19(22-6-12-25(13-7-22)31-18-37)34-27(39)32(14-20-2-8-23(9-3-20)29-16-35)26(38)33(28(34)40)15-21-4-10-24(11-5-21)30-17-36/h19-25H,2-15H2,1H3. The Morgan fingerprint density at radius 3 is 1.30 bits per heavy atom. The van der Waals surface area contributed by atoms with Gasteiger partial charge in [0.05, 0.1) is 18.1 Å². The lowest BCUT2D eigenvalue weighted by atomic mass is 9.82. The van der Waals surface area contributed by atoms with Crippen molar-refractivity contribution in [2.45, 2.75) is 121 Å². The first kappa shape index (κ1) is 29.5.